The van der Waals surface area contributed by atoms with Crippen LogP contribution in [0, 0.1) is 11.6 Å². The van der Waals surface area contributed by atoms with Gasteiger partial charge in [0, 0.05) is 11.6 Å². The summed E-state index contributed by atoms with van der Waals surface area (Å²) in [6.07, 6.45) is 1.46. The summed E-state index contributed by atoms with van der Waals surface area (Å²) >= 11 is 0. The highest BCUT2D eigenvalue weighted by Crippen LogP contribution is 2.25. The number of halogens is 2. The third-order valence-electron chi connectivity index (χ3n) is 2.70. The SMILES string of the molecule is C=C(CC)CC(NC)c1cccc(F)c1F. The van der Waals surface area contributed by atoms with E-state index >= 15 is 0 Å². The fourth-order valence-corrected chi connectivity index (χ4v) is 1.59. The van der Waals surface area contributed by atoms with Crippen LogP contribution in [-0.2, 0) is 0 Å². The van der Waals surface area contributed by atoms with Gasteiger partial charge in [-0.3, -0.25) is 0 Å². The topological polar surface area (TPSA) is 12.0 Å². The third kappa shape index (κ3) is 2.89. The van der Waals surface area contributed by atoms with E-state index in [1.807, 2.05) is 6.92 Å². The molecule has 0 saturated carbocycles. The summed E-state index contributed by atoms with van der Waals surface area (Å²) in [5.74, 6) is -1.58. The summed E-state index contributed by atoms with van der Waals surface area (Å²) < 4.78 is 26.6. The maximum absolute atomic E-state index is 13.5. The zero-order valence-corrected chi connectivity index (χ0v) is 9.69. The van der Waals surface area contributed by atoms with E-state index in [0.29, 0.717) is 12.0 Å². The lowest BCUT2D eigenvalue weighted by molar-refractivity contribution is 0.472. The van der Waals surface area contributed by atoms with E-state index in [-0.39, 0.29) is 6.04 Å². The van der Waals surface area contributed by atoms with Gasteiger partial charge in [-0.25, -0.2) is 8.78 Å². The molecule has 0 aliphatic rings. The van der Waals surface area contributed by atoms with E-state index in [2.05, 4.69) is 11.9 Å². The zero-order valence-electron chi connectivity index (χ0n) is 9.69. The smallest absolute Gasteiger partial charge is 0.163 e. The molecule has 3 heteroatoms. The molecular formula is C13H17F2N. The summed E-state index contributed by atoms with van der Waals surface area (Å²) in [7, 11) is 1.73. The minimum Gasteiger partial charge on any atom is -0.313 e. The predicted octanol–water partition coefficient (Wildman–Crippen LogP) is 3.58. The van der Waals surface area contributed by atoms with Gasteiger partial charge in [0.2, 0.25) is 0 Å². The van der Waals surface area contributed by atoms with Crippen molar-refractivity contribution in [2.24, 2.45) is 0 Å². The van der Waals surface area contributed by atoms with E-state index in [1.54, 1.807) is 13.1 Å². The average Bonchev–Trinajstić information content (AvgIpc) is 2.29. The zero-order chi connectivity index (χ0) is 12.1. The molecule has 1 unspecified atom stereocenters. The highest BCUT2D eigenvalue weighted by Gasteiger charge is 2.16. The molecule has 0 radical (unpaired) electrons. The molecule has 0 aliphatic carbocycles. The Bertz CT molecular complexity index is 374. The van der Waals surface area contributed by atoms with Crippen LogP contribution in [0.3, 0.4) is 0 Å². The molecule has 0 amide bonds. The van der Waals surface area contributed by atoms with Crippen LogP contribution in [0.2, 0.25) is 0 Å². The molecule has 1 rings (SSSR count). The van der Waals surface area contributed by atoms with Crippen LogP contribution in [0.25, 0.3) is 0 Å². The summed E-state index contributed by atoms with van der Waals surface area (Å²) in [6, 6.07) is 4.03. The molecule has 0 aromatic heterocycles. The Labute approximate surface area is 95.2 Å². The van der Waals surface area contributed by atoms with Gasteiger partial charge < -0.3 is 5.32 Å². The first-order valence-electron chi connectivity index (χ1n) is 5.38. The summed E-state index contributed by atoms with van der Waals surface area (Å²) in [6.45, 7) is 5.88. The summed E-state index contributed by atoms with van der Waals surface area (Å²) in [5, 5.41) is 2.98. The van der Waals surface area contributed by atoms with E-state index in [0.717, 1.165) is 18.1 Å². The highest BCUT2D eigenvalue weighted by atomic mass is 19.2. The maximum Gasteiger partial charge on any atom is 0.163 e. The Hall–Kier alpha value is -1.22. The van der Waals surface area contributed by atoms with E-state index < -0.39 is 11.6 Å². The molecule has 1 aromatic rings. The Morgan fingerprint density at radius 2 is 2.12 bits per heavy atom. The Morgan fingerprint density at radius 3 is 2.69 bits per heavy atom. The number of rotatable bonds is 5. The van der Waals surface area contributed by atoms with Gasteiger partial charge in [0.1, 0.15) is 0 Å². The van der Waals surface area contributed by atoms with Crippen LogP contribution in [0.4, 0.5) is 8.78 Å². The monoisotopic (exact) mass is 225 g/mol. The fourth-order valence-electron chi connectivity index (χ4n) is 1.59. The van der Waals surface area contributed by atoms with E-state index in [9.17, 15) is 8.78 Å². The lowest BCUT2D eigenvalue weighted by Crippen LogP contribution is -2.18. The van der Waals surface area contributed by atoms with E-state index in [1.165, 1.54) is 6.07 Å². The minimum atomic E-state index is -0.806. The number of hydrogen-bond acceptors (Lipinski definition) is 1. The van der Waals surface area contributed by atoms with Crippen molar-refractivity contribution < 1.29 is 8.78 Å². The van der Waals surface area contributed by atoms with Crippen molar-refractivity contribution in [1.82, 2.24) is 5.32 Å². The van der Waals surface area contributed by atoms with Gasteiger partial charge in [0.25, 0.3) is 0 Å². The van der Waals surface area contributed by atoms with Crippen molar-refractivity contribution in [3.05, 3.63) is 47.5 Å². The second-order valence-electron chi connectivity index (χ2n) is 3.79. The molecule has 0 saturated heterocycles. The predicted molar refractivity (Wildman–Crippen MR) is 62.2 cm³/mol. The molecule has 88 valence electrons. The van der Waals surface area contributed by atoms with Gasteiger partial charge in [0.05, 0.1) is 0 Å². The molecule has 16 heavy (non-hydrogen) atoms. The van der Waals surface area contributed by atoms with Crippen LogP contribution in [0.5, 0.6) is 0 Å². The molecule has 0 fully saturated rings. The first-order valence-corrected chi connectivity index (χ1v) is 5.38. The second-order valence-corrected chi connectivity index (χ2v) is 3.79. The van der Waals surface area contributed by atoms with Crippen molar-refractivity contribution in [3.8, 4) is 0 Å². The molecule has 0 spiro atoms. The van der Waals surface area contributed by atoms with Gasteiger partial charge in [-0.05, 0) is 26.0 Å². The fraction of sp³-hybridized carbons (Fsp3) is 0.385. The molecular weight excluding hydrogens is 208 g/mol. The largest absolute Gasteiger partial charge is 0.313 e. The van der Waals surface area contributed by atoms with Crippen LogP contribution in [-0.4, -0.2) is 7.05 Å². The van der Waals surface area contributed by atoms with Crippen molar-refractivity contribution in [1.29, 1.82) is 0 Å². The minimum absolute atomic E-state index is 0.219. The number of benzene rings is 1. The number of nitrogens with one attached hydrogen (secondary N) is 1. The lowest BCUT2D eigenvalue weighted by Gasteiger charge is -2.18. The van der Waals surface area contributed by atoms with Crippen LogP contribution < -0.4 is 5.32 Å². The van der Waals surface area contributed by atoms with Crippen molar-refractivity contribution in [3.63, 3.8) is 0 Å². The highest BCUT2D eigenvalue weighted by molar-refractivity contribution is 5.24. The molecule has 1 atom stereocenters. The normalized spacial score (nSPS) is 12.5. The quantitative estimate of drug-likeness (QED) is 0.755. The van der Waals surface area contributed by atoms with Crippen molar-refractivity contribution >= 4 is 0 Å². The maximum atomic E-state index is 13.5. The molecule has 1 aromatic carbocycles. The Kier molecular flexibility index (Phi) is 4.62. The van der Waals surface area contributed by atoms with Gasteiger partial charge in [-0.2, -0.15) is 0 Å². The molecule has 0 bridgehead atoms. The third-order valence-corrected chi connectivity index (χ3v) is 2.70. The average molecular weight is 225 g/mol. The first-order chi connectivity index (χ1) is 7.60. The van der Waals surface area contributed by atoms with Crippen LogP contribution >= 0.6 is 0 Å². The molecule has 0 aliphatic heterocycles. The molecule has 0 heterocycles. The number of hydrogen-bond donors (Lipinski definition) is 1. The Balaban J connectivity index is 2.95. The summed E-state index contributed by atoms with van der Waals surface area (Å²) in [5.41, 5.74) is 1.38. The first kappa shape index (κ1) is 12.8. The van der Waals surface area contributed by atoms with Gasteiger partial charge in [0.15, 0.2) is 11.6 Å². The van der Waals surface area contributed by atoms with Gasteiger partial charge >= 0.3 is 0 Å². The lowest BCUT2D eigenvalue weighted by atomic mass is 9.98. The standard InChI is InChI=1S/C13H17F2N/c1-4-9(2)8-12(16-3)10-6-5-7-11(14)13(10)15/h5-7,12,16H,2,4,8H2,1,3H3. The van der Waals surface area contributed by atoms with Gasteiger partial charge in [-0.1, -0.05) is 31.2 Å². The van der Waals surface area contributed by atoms with Crippen molar-refractivity contribution in [2.75, 3.05) is 7.05 Å². The Morgan fingerprint density at radius 1 is 1.44 bits per heavy atom. The van der Waals surface area contributed by atoms with Gasteiger partial charge in [-0.15, -0.1) is 0 Å². The molecule has 1 nitrogen and oxygen atoms in total. The molecule has 1 N–H and O–H groups in total. The summed E-state index contributed by atoms with van der Waals surface area (Å²) in [4.78, 5) is 0. The van der Waals surface area contributed by atoms with E-state index in [4.69, 9.17) is 0 Å². The second kappa shape index (κ2) is 5.75. The van der Waals surface area contributed by atoms with Crippen molar-refractivity contribution in [2.45, 2.75) is 25.8 Å². The van der Waals surface area contributed by atoms with Crippen LogP contribution in [0.1, 0.15) is 31.4 Å². The van der Waals surface area contributed by atoms with Crippen LogP contribution in [0.15, 0.2) is 30.4 Å².